The van der Waals surface area contributed by atoms with Crippen LogP contribution in [0.2, 0.25) is 0 Å². The highest BCUT2D eigenvalue weighted by atomic mass is 32.1. The van der Waals surface area contributed by atoms with Gasteiger partial charge in [0.05, 0.1) is 0 Å². The van der Waals surface area contributed by atoms with Crippen molar-refractivity contribution in [2.45, 2.75) is 5.37 Å². The van der Waals surface area contributed by atoms with E-state index in [-0.39, 0.29) is 5.78 Å². The lowest BCUT2D eigenvalue weighted by Gasteiger charge is -2.00. The molecule has 1 aromatic heterocycles. The van der Waals surface area contributed by atoms with E-state index in [1.54, 1.807) is 6.20 Å². The third-order valence-corrected chi connectivity index (χ3v) is 2.36. The maximum Gasteiger partial charge on any atom is 0.191 e. The molecule has 3 nitrogen and oxygen atoms in total. The lowest BCUT2D eigenvalue weighted by Crippen LogP contribution is -2.23. The smallest absolute Gasteiger partial charge is 0.191 e. The maximum absolute atomic E-state index is 11.6. The molecule has 0 spiro atoms. The Bertz CT molecular complexity index is 476. The van der Waals surface area contributed by atoms with Crippen LogP contribution in [0.25, 0.3) is 10.9 Å². The molecule has 0 bridgehead atoms. The normalized spacial score (nSPS) is 13.0. The van der Waals surface area contributed by atoms with Crippen molar-refractivity contribution >= 4 is 29.3 Å². The van der Waals surface area contributed by atoms with E-state index in [1.165, 1.54) is 0 Å². The van der Waals surface area contributed by atoms with Crippen LogP contribution in [0.1, 0.15) is 10.4 Å². The summed E-state index contributed by atoms with van der Waals surface area (Å²) in [5.74, 6) is -0.161. The van der Waals surface area contributed by atoms with Gasteiger partial charge < -0.3 is 10.7 Å². The van der Waals surface area contributed by atoms with Crippen molar-refractivity contribution in [3.05, 3.63) is 36.0 Å². The number of H-pyrrole nitrogens is 1. The highest BCUT2D eigenvalue weighted by Crippen LogP contribution is 2.19. The Morgan fingerprint density at radius 2 is 2.14 bits per heavy atom. The topological polar surface area (TPSA) is 58.9 Å². The predicted molar refractivity (Wildman–Crippen MR) is 59.6 cm³/mol. The minimum Gasteiger partial charge on any atom is -0.360 e. The largest absolute Gasteiger partial charge is 0.360 e. The Morgan fingerprint density at radius 1 is 1.43 bits per heavy atom. The van der Waals surface area contributed by atoms with Crippen LogP contribution in [0.4, 0.5) is 0 Å². The summed E-state index contributed by atoms with van der Waals surface area (Å²) < 4.78 is 0. The van der Waals surface area contributed by atoms with Crippen molar-refractivity contribution in [1.29, 1.82) is 0 Å². The zero-order valence-electron chi connectivity index (χ0n) is 7.40. The molecule has 0 fully saturated rings. The van der Waals surface area contributed by atoms with Gasteiger partial charge >= 0.3 is 0 Å². The average Bonchev–Trinajstić information content (AvgIpc) is 2.60. The number of para-hydroxylation sites is 1. The van der Waals surface area contributed by atoms with Gasteiger partial charge in [0, 0.05) is 22.7 Å². The van der Waals surface area contributed by atoms with Crippen LogP contribution < -0.4 is 5.73 Å². The molecule has 1 unspecified atom stereocenters. The summed E-state index contributed by atoms with van der Waals surface area (Å²) in [6.07, 6.45) is 1.67. The lowest BCUT2D eigenvalue weighted by molar-refractivity contribution is 0.0993. The zero-order valence-corrected chi connectivity index (χ0v) is 8.29. The van der Waals surface area contributed by atoms with E-state index in [9.17, 15) is 4.79 Å². The first-order valence-corrected chi connectivity index (χ1v) is 4.76. The van der Waals surface area contributed by atoms with E-state index in [4.69, 9.17) is 5.73 Å². The summed E-state index contributed by atoms with van der Waals surface area (Å²) in [6, 6.07) is 7.59. The molecule has 14 heavy (non-hydrogen) atoms. The molecule has 0 amide bonds. The van der Waals surface area contributed by atoms with E-state index in [0.717, 1.165) is 10.9 Å². The number of aromatic amines is 1. The van der Waals surface area contributed by atoms with Crippen molar-refractivity contribution in [3.63, 3.8) is 0 Å². The van der Waals surface area contributed by atoms with Gasteiger partial charge in [-0.15, -0.1) is 0 Å². The Kier molecular flexibility index (Phi) is 2.31. The van der Waals surface area contributed by atoms with Crippen molar-refractivity contribution in [2.24, 2.45) is 5.73 Å². The number of thiol groups is 1. The molecule has 0 saturated carbocycles. The molecule has 3 N–H and O–H groups in total. The van der Waals surface area contributed by atoms with Crippen LogP contribution in [0.15, 0.2) is 30.5 Å². The molecular weight excluding hydrogens is 196 g/mol. The van der Waals surface area contributed by atoms with Crippen molar-refractivity contribution in [1.82, 2.24) is 4.98 Å². The number of fused-ring (bicyclic) bond motifs is 1. The Hall–Kier alpha value is -1.26. The van der Waals surface area contributed by atoms with Crippen molar-refractivity contribution < 1.29 is 4.79 Å². The molecule has 0 aliphatic heterocycles. The van der Waals surface area contributed by atoms with Crippen molar-refractivity contribution in [3.8, 4) is 0 Å². The Morgan fingerprint density at radius 3 is 2.86 bits per heavy atom. The molecule has 1 aromatic carbocycles. The third kappa shape index (κ3) is 1.42. The summed E-state index contributed by atoms with van der Waals surface area (Å²) in [7, 11) is 0. The van der Waals surface area contributed by atoms with Crippen LogP contribution >= 0.6 is 12.6 Å². The van der Waals surface area contributed by atoms with Gasteiger partial charge in [0.25, 0.3) is 0 Å². The molecule has 4 heteroatoms. The highest BCUT2D eigenvalue weighted by Gasteiger charge is 2.15. The molecule has 0 saturated heterocycles. The SMILES string of the molecule is NC(S)C(=O)c1c[nH]c2ccccc12. The summed E-state index contributed by atoms with van der Waals surface area (Å²) in [5, 5.41) is 0.135. The van der Waals surface area contributed by atoms with Gasteiger partial charge in [-0.05, 0) is 6.07 Å². The first-order chi connectivity index (χ1) is 6.70. The third-order valence-electron chi connectivity index (χ3n) is 2.12. The monoisotopic (exact) mass is 206 g/mol. The second-order valence-electron chi connectivity index (χ2n) is 3.06. The fraction of sp³-hybridized carbons (Fsp3) is 0.100. The van der Waals surface area contributed by atoms with Gasteiger partial charge in [0.1, 0.15) is 5.37 Å². The van der Waals surface area contributed by atoms with E-state index < -0.39 is 5.37 Å². The summed E-state index contributed by atoms with van der Waals surface area (Å²) >= 11 is 3.92. The quantitative estimate of drug-likeness (QED) is 0.397. The fourth-order valence-electron chi connectivity index (χ4n) is 1.43. The number of carbonyl (C=O) groups is 1. The van der Waals surface area contributed by atoms with Crippen LogP contribution in [-0.4, -0.2) is 16.1 Å². The molecule has 72 valence electrons. The highest BCUT2D eigenvalue weighted by molar-refractivity contribution is 7.81. The van der Waals surface area contributed by atoms with Crippen LogP contribution in [0.3, 0.4) is 0 Å². The average molecular weight is 206 g/mol. The summed E-state index contributed by atoms with van der Waals surface area (Å²) in [6.45, 7) is 0. The standard InChI is InChI=1S/C10H10N2OS/c11-10(14)9(13)7-5-12-8-4-2-1-3-6(7)8/h1-5,10,12,14H,11H2. The zero-order chi connectivity index (χ0) is 10.1. The van der Waals surface area contributed by atoms with Gasteiger partial charge in [-0.25, -0.2) is 0 Å². The molecule has 0 aliphatic rings. The number of carbonyl (C=O) groups excluding carboxylic acids is 1. The van der Waals surface area contributed by atoms with E-state index >= 15 is 0 Å². The number of aromatic nitrogens is 1. The number of benzene rings is 1. The predicted octanol–water partition coefficient (Wildman–Crippen LogP) is 1.57. The minimum absolute atomic E-state index is 0.161. The molecule has 2 rings (SSSR count). The van der Waals surface area contributed by atoms with Gasteiger partial charge in [-0.1, -0.05) is 18.2 Å². The number of hydrogen-bond donors (Lipinski definition) is 3. The van der Waals surface area contributed by atoms with E-state index in [1.807, 2.05) is 24.3 Å². The molecule has 0 aliphatic carbocycles. The van der Waals surface area contributed by atoms with Crippen LogP contribution in [-0.2, 0) is 0 Å². The maximum atomic E-state index is 11.6. The first-order valence-electron chi connectivity index (χ1n) is 4.24. The second kappa shape index (κ2) is 3.48. The van der Waals surface area contributed by atoms with Gasteiger partial charge in [-0.2, -0.15) is 12.6 Å². The molecule has 0 radical (unpaired) electrons. The lowest BCUT2D eigenvalue weighted by atomic mass is 10.1. The Balaban J connectivity index is 2.58. The van der Waals surface area contributed by atoms with E-state index in [2.05, 4.69) is 17.6 Å². The number of hydrogen-bond acceptors (Lipinski definition) is 3. The second-order valence-corrected chi connectivity index (χ2v) is 3.61. The van der Waals surface area contributed by atoms with Crippen LogP contribution in [0, 0.1) is 0 Å². The number of rotatable bonds is 2. The number of ketones is 1. The number of nitrogens with two attached hydrogens (primary N) is 1. The summed E-state index contributed by atoms with van der Waals surface area (Å²) in [5.41, 5.74) is 6.95. The number of Topliss-reactive ketones (excluding diaryl/α,β-unsaturated/α-hetero) is 1. The first kappa shape index (κ1) is 9.30. The number of nitrogens with one attached hydrogen (secondary N) is 1. The Labute approximate surface area is 86.7 Å². The van der Waals surface area contributed by atoms with Crippen LogP contribution in [0.5, 0.6) is 0 Å². The fourth-order valence-corrected chi connectivity index (χ4v) is 1.57. The minimum atomic E-state index is -0.755. The molecule has 1 heterocycles. The molecule has 1 atom stereocenters. The van der Waals surface area contributed by atoms with Gasteiger partial charge in [-0.3, -0.25) is 4.79 Å². The summed E-state index contributed by atoms with van der Waals surface area (Å²) in [4.78, 5) is 14.6. The van der Waals surface area contributed by atoms with E-state index in [0.29, 0.717) is 5.56 Å². The van der Waals surface area contributed by atoms with Gasteiger partial charge in [0.2, 0.25) is 0 Å². The van der Waals surface area contributed by atoms with Gasteiger partial charge in [0.15, 0.2) is 5.78 Å². The molecular formula is C10H10N2OS. The van der Waals surface area contributed by atoms with Crippen molar-refractivity contribution in [2.75, 3.05) is 0 Å². The molecule has 2 aromatic rings.